The lowest BCUT2D eigenvalue weighted by Gasteiger charge is -2.30. The topological polar surface area (TPSA) is 6.48 Å². The van der Waals surface area contributed by atoms with Crippen LogP contribution in [0.2, 0.25) is 0 Å². The molecule has 1 fully saturated rings. The van der Waals surface area contributed by atoms with Gasteiger partial charge in [0.1, 0.15) is 0 Å². The van der Waals surface area contributed by atoms with Gasteiger partial charge in [-0.3, -0.25) is 0 Å². The third kappa shape index (κ3) is 5.21. The van der Waals surface area contributed by atoms with E-state index in [0.717, 1.165) is 40.0 Å². The first-order valence-electron chi connectivity index (χ1n) is 16.2. The van der Waals surface area contributed by atoms with Crippen molar-refractivity contribution < 1.29 is 0 Å². The smallest absolute Gasteiger partial charge is 0.0488 e. The average molecular weight is 583 g/mol. The molecular weight excluding hydrogens is 544 g/mol. The number of hydrogen-bond acceptors (Lipinski definition) is 2. The van der Waals surface area contributed by atoms with Crippen molar-refractivity contribution in [2.45, 2.75) is 44.9 Å². The second kappa shape index (κ2) is 11.4. The van der Waals surface area contributed by atoms with Crippen molar-refractivity contribution in [1.82, 2.24) is 0 Å². The Hall–Kier alpha value is -5.08. The molecule has 2 unspecified atom stereocenters. The molecule has 2 aliphatic rings. The van der Waals surface area contributed by atoms with Crippen LogP contribution >= 0.6 is 0 Å². The second-order valence-corrected chi connectivity index (χ2v) is 12.8. The lowest BCUT2D eigenvalue weighted by Crippen LogP contribution is -2.13. The van der Waals surface area contributed by atoms with Gasteiger partial charge in [0.05, 0.1) is 0 Å². The van der Waals surface area contributed by atoms with E-state index in [9.17, 15) is 0 Å². The molecule has 2 aliphatic carbocycles. The lowest BCUT2D eigenvalue weighted by molar-refractivity contribution is 0.718. The van der Waals surface area contributed by atoms with Crippen molar-refractivity contribution in [3.05, 3.63) is 168 Å². The van der Waals surface area contributed by atoms with Crippen LogP contribution in [0.4, 0.5) is 34.1 Å². The number of rotatable bonds is 7. The number of anilines is 6. The summed E-state index contributed by atoms with van der Waals surface area (Å²) >= 11 is 0. The minimum Gasteiger partial charge on any atom is -0.310 e. The number of benzene rings is 6. The predicted octanol–water partition coefficient (Wildman–Crippen LogP) is 12.3. The third-order valence-electron chi connectivity index (χ3n) is 9.76. The Balaban J connectivity index is 1.36. The van der Waals surface area contributed by atoms with Gasteiger partial charge in [-0.2, -0.15) is 0 Å². The molecule has 6 aromatic carbocycles. The largest absolute Gasteiger partial charge is 0.310 e. The van der Waals surface area contributed by atoms with E-state index >= 15 is 0 Å². The Morgan fingerprint density at radius 2 is 0.867 bits per heavy atom. The summed E-state index contributed by atoms with van der Waals surface area (Å²) in [6, 6.07) is 53.6. The van der Waals surface area contributed by atoms with Crippen molar-refractivity contribution in [3.8, 4) is 11.1 Å². The van der Waals surface area contributed by atoms with E-state index < -0.39 is 0 Å². The predicted molar refractivity (Wildman–Crippen MR) is 190 cm³/mol. The van der Waals surface area contributed by atoms with Gasteiger partial charge < -0.3 is 9.80 Å². The summed E-state index contributed by atoms with van der Waals surface area (Å²) in [5, 5.41) is 0. The zero-order chi connectivity index (χ0) is 30.3. The summed E-state index contributed by atoms with van der Waals surface area (Å²) in [4.78, 5) is 4.78. The quantitative estimate of drug-likeness (QED) is 0.185. The minimum atomic E-state index is 0.717. The van der Waals surface area contributed by atoms with E-state index in [-0.39, 0.29) is 0 Å². The first kappa shape index (κ1) is 27.5. The molecule has 0 amide bonds. The van der Waals surface area contributed by atoms with Crippen LogP contribution in [0.25, 0.3) is 11.1 Å². The van der Waals surface area contributed by atoms with Crippen LogP contribution in [0.3, 0.4) is 0 Å². The van der Waals surface area contributed by atoms with Gasteiger partial charge >= 0.3 is 0 Å². The van der Waals surface area contributed by atoms with Crippen LogP contribution in [-0.2, 0) is 0 Å². The van der Waals surface area contributed by atoms with Crippen LogP contribution < -0.4 is 9.80 Å². The molecule has 0 radical (unpaired) electrons. The van der Waals surface area contributed by atoms with Crippen molar-refractivity contribution >= 4 is 34.1 Å². The molecule has 0 N–H and O–H groups in total. The Morgan fingerprint density at radius 1 is 0.400 bits per heavy atom. The molecule has 2 nitrogen and oxygen atoms in total. The van der Waals surface area contributed by atoms with Crippen LogP contribution in [0, 0.1) is 13.8 Å². The molecule has 0 heterocycles. The van der Waals surface area contributed by atoms with Gasteiger partial charge in [0.2, 0.25) is 0 Å². The molecule has 6 aromatic rings. The maximum Gasteiger partial charge on any atom is 0.0488 e. The van der Waals surface area contributed by atoms with Crippen molar-refractivity contribution in [2.24, 2.45) is 0 Å². The highest BCUT2D eigenvalue weighted by atomic mass is 15.2. The fraction of sp³-hybridized carbons (Fsp3) is 0.163. The Labute approximate surface area is 267 Å². The number of fused-ring (bicyclic) bond motifs is 5. The second-order valence-electron chi connectivity index (χ2n) is 12.8. The summed E-state index contributed by atoms with van der Waals surface area (Å²) in [7, 11) is 0. The standard InChI is InChI=1S/C43H38N2/c1-30-13-20-38(21-14-30)45(39-22-15-31(2)16-23-39)41-27-35(32-19-24-42-33-17-18-34(25-33)43(42)28-32)26-40(29-41)44(36-9-5-3-6-10-36)37-11-7-4-8-12-37/h3-16,19-24,26-29,33-34H,17-18,25H2,1-2H3. The van der Waals surface area contributed by atoms with Gasteiger partial charge in [0.25, 0.3) is 0 Å². The van der Waals surface area contributed by atoms with E-state index in [4.69, 9.17) is 0 Å². The zero-order valence-electron chi connectivity index (χ0n) is 26.0. The molecule has 0 spiro atoms. The minimum absolute atomic E-state index is 0.717. The Bertz CT molecular complexity index is 1860. The highest BCUT2D eigenvalue weighted by molar-refractivity contribution is 5.87. The van der Waals surface area contributed by atoms with E-state index in [0.29, 0.717) is 5.92 Å². The van der Waals surface area contributed by atoms with Crippen LogP contribution in [0.5, 0.6) is 0 Å². The Morgan fingerprint density at radius 3 is 1.38 bits per heavy atom. The van der Waals surface area contributed by atoms with Crippen LogP contribution in [0.1, 0.15) is 53.4 Å². The van der Waals surface area contributed by atoms with Gasteiger partial charge in [-0.05, 0) is 134 Å². The maximum atomic E-state index is 2.50. The summed E-state index contributed by atoms with van der Waals surface area (Å²) in [6.07, 6.45) is 4.01. The molecule has 0 aliphatic heterocycles. The molecule has 220 valence electrons. The van der Waals surface area contributed by atoms with Crippen molar-refractivity contribution in [1.29, 1.82) is 0 Å². The molecule has 0 aromatic heterocycles. The summed E-state index contributed by atoms with van der Waals surface area (Å²) in [5.41, 5.74) is 15.0. The number of para-hydroxylation sites is 2. The highest BCUT2D eigenvalue weighted by Gasteiger charge is 2.36. The fourth-order valence-corrected chi connectivity index (χ4v) is 7.48. The van der Waals surface area contributed by atoms with Gasteiger partial charge in [0.15, 0.2) is 0 Å². The van der Waals surface area contributed by atoms with Gasteiger partial charge in [-0.15, -0.1) is 0 Å². The molecule has 2 bridgehead atoms. The fourth-order valence-electron chi connectivity index (χ4n) is 7.48. The Kier molecular flexibility index (Phi) is 6.99. The normalized spacial score (nSPS) is 16.4. The number of aryl methyl sites for hydroxylation is 2. The summed E-state index contributed by atoms with van der Waals surface area (Å²) in [5.74, 6) is 1.47. The van der Waals surface area contributed by atoms with Gasteiger partial charge in [-0.1, -0.05) is 90.0 Å². The van der Waals surface area contributed by atoms with E-state index in [2.05, 4.69) is 169 Å². The van der Waals surface area contributed by atoms with Crippen molar-refractivity contribution in [2.75, 3.05) is 9.80 Å². The molecule has 2 heteroatoms. The monoisotopic (exact) mass is 582 g/mol. The van der Waals surface area contributed by atoms with E-state index in [1.807, 2.05) is 0 Å². The first-order valence-corrected chi connectivity index (χ1v) is 16.2. The molecule has 2 atom stereocenters. The van der Waals surface area contributed by atoms with Gasteiger partial charge in [0, 0.05) is 34.1 Å². The SMILES string of the molecule is Cc1ccc(N(c2ccc(C)cc2)c2cc(-c3ccc4c(c3)C3CCC4C3)cc(N(c3ccccc3)c3ccccc3)c2)cc1. The van der Waals surface area contributed by atoms with Crippen molar-refractivity contribution in [3.63, 3.8) is 0 Å². The average Bonchev–Trinajstić information content (AvgIpc) is 3.71. The number of nitrogens with zero attached hydrogens (tertiary/aromatic N) is 2. The highest BCUT2D eigenvalue weighted by Crippen LogP contribution is 2.54. The molecule has 1 saturated carbocycles. The van der Waals surface area contributed by atoms with Crippen LogP contribution in [0.15, 0.2) is 146 Å². The van der Waals surface area contributed by atoms with Gasteiger partial charge in [-0.25, -0.2) is 0 Å². The summed E-state index contributed by atoms with van der Waals surface area (Å²) < 4.78 is 0. The maximum absolute atomic E-state index is 2.50. The molecular formula is C43H38N2. The number of hydrogen-bond donors (Lipinski definition) is 0. The first-order chi connectivity index (χ1) is 22.1. The zero-order valence-corrected chi connectivity index (χ0v) is 26.0. The molecule has 8 rings (SSSR count). The molecule has 0 saturated heterocycles. The summed E-state index contributed by atoms with van der Waals surface area (Å²) in [6.45, 7) is 4.30. The third-order valence-corrected chi connectivity index (χ3v) is 9.76. The van der Waals surface area contributed by atoms with E-state index in [1.54, 1.807) is 11.1 Å². The lowest BCUT2D eigenvalue weighted by atomic mass is 9.89. The van der Waals surface area contributed by atoms with Crippen LogP contribution in [-0.4, -0.2) is 0 Å². The van der Waals surface area contributed by atoms with E-state index in [1.165, 1.54) is 41.5 Å². The molecule has 45 heavy (non-hydrogen) atoms.